The number of hydrogen-bond donors (Lipinski definition) is 0. The van der Waals surface area contributed by atoms with Gasteiger partial charge in [0.2, 0.25) is 7.05 Å². The topological polar surface area (TPSA) is 31.4 Å². The van der Waals surface area contributed by atoms with Gasteiger partial charge in [-0.25, -0.2) is 11.6 Å². The molecule has 2 heterocycles. The Morgan fingerprint density at radius 1 is 0.906 bits per heavy atom. The summed E-state index contributed by atoms with van der Waals surface area (Å²) in [5.74, 6) is 0.910. The first-order valence-electron chi connectivity index (χ1n) is 11.7. The number of methoxy groups -OCH3 is 1. The Bertz CT molecular complexity index is 792. The largest absolute Gasteiger partial charge is 0.497 e. The summed E-state index contributed by atoms with van der Waals surface area (Å²) in [5.41, 5.74) is 2.77. The second-order valence-electron chi connectivity index (χ2n) is 5.85. The van der Waals surface area contributed by atoms with Crippen LogP contribution in [0, 0.1) is 6.57 Å². The number of aromatic nitrogens is 2. The summed E-state index contributed by atoms with van der Waals surface area (Å²) in [6.45, 7) is 17.8. The van der Waals surface area contributed by atoms with Gasteiger partial charge in [0.25, 0.3) is 0 Å². The van der Waals surface area contributed by atoms with E-state index < -0.39 is 0 Å². The quantitative estimate of drug-likeness (QED) is 0.379. The van der Waals surface area contributed by atoms with Crippen molar-refractivity contribution in [1.29, 1.82) is 0 Å². The van der Waals surface area contributed by atoms with Gasteiger partial charge >= 0.3 is 0 Å². The van der Waals surface area contributed by atoms with Crippen LogP contribution in [-0.4, -0.2) is 23.7 Å². The van der Waals surface area contributed by atoms with Gasteiger partial charge in [-0.05, 0) is 37.0 Å². The first-order valence-corrected chi connectivity index (χ1v) is 11.7. The number of imidazole rings is 1. The summed E-state index contributed by atoms with van der Waals surface area (Å²) in [5, 5.41) is 0. The van der Waals surface area contributed by atoms with Crippen molar-refractivity contribution >= 4 is 0 Å². The zero-order chi connectivity index (χ0) is 24.6. The molecule has 0 spiro atoms. The lowest BCUT2D eigenvalue weighted by molar-refractivity contribution is 0.415. The van der Waals surface area contributed by atoms with E-state index in [0.717, 1.165) is 5.75 Å². The van der Waals surface area contributed by atoms with E-state index in [4.69, 9.17) is 11.3 Å². The summed E-state index contributed by atoms with van der Waals surface area (Å²) in [6.07, 6.45) is 7.63. The molecule has 1 unspecified atom stereocenters. The van der Waals surface area contributed by atoms with Crippen LogP contribution in [0.2, 0.25) is 0 Å². The summed E-state index contributed by atoms with van der Waals surface area (Å²) in [4.78, 5) is 6.99. The molecule has 1 aromatic heterocycles. The third kappa shape index (κ3) is 12.0. The average molecular weight is 438 g/mol. The standard InChI is InChI=1S/C13H14N2.C7H8O.C2H3N.3C2H6/c1-2-5-11(6-3-1)13-8-4-7-12-9-14-10-15(12)13;1-8-7-5-3-2-4-6-7;1-3-2;3*1-2/h1-3,5-6,9-10,13H,4,7-8H2;2-6H,1H3;1H3;3*1-2H3. The maximum atomic E-state index is 5.83. The molecule has 0 bridgehead atoms. The second kappa shape index (κ2) is 22.6. The number of para-hydroxylation sites is 1. The highest BCUT2D eigenvalue weighted by Crippen LogP contribution is 2.29. The predicted octanol–water partition coefficient (Wildman–Crippen LogP) is 8.12. The van der Waals surface area contributed by atoms with Crippen LogP contribution in [-0.2, 0) is 6.42 Å². The number of fused-ring (bicyclic) bond motifs is 1. The lowest BCUT2D eigenvalue weighted by Crippen LogP contribution is -2.17. The summed E-state index contributed by atoms with van der Waals surface area (Å²) >= 11 is 0. The molecule has 4 nitrogen and oxygen atoms in total. The van der Waals surface area contributed by atoms with Crippen molar-refractivity contribution in [3.63, 3.8) is 0 Å². The molecule has 0 saturated carbocycles. The highest BCUT2D eigenvalue weighted by molar-refractivity contribution is 5.22. The normalized spacial score (nSPS) is 12.3. The molecular weight excluding hydrogens is 394 g/mol. The lowest BCUT2D eigenvalue weighted by Gasteiger charge is -2.25. The average Bonchev–Trinajstić information content (AvgIpc) is 3.39. The minimum Gasteiger partial charge on any atom is -0.497 e. The fourth-order valence-electron chi connectivity index (χ4n) is 2.98. The highest BCUT2D eigenvalue weighted by Gasteiger charge is 2.20. The number of ether oxygens (including phenoxy) is 1. The van der Waals surface area contributed by atoms with Crippen molar-refractivity contribution < 1.29 is 4.74 Å². The molecule has 1 aliphatic rings. The SMILES string of the molecule is CC.CC.CC.COc1ccccc1.[C-]#[N+]C.c1ccc(C2CCCc3cncn32)cc1. The lowest BCUT2D eigenvalue weighted by atomic mass is 9.96. The zero-order valence-electron chi connectivity index (χ0n) is 21.4. The Balaban J connectivity index is 0. The molecule has 1 aliphatic heterocycles. The van der Waals surface area contributed by atoms with Gasteiger partial charge in [-0.1, -0.05) is 90.1 Å². The van der Waals surface area contributed by atoms with Crippen LogP contribution in [0.25, 0.3) is 4.85 Å². The minimum absolute atomic E-state index is 0.498. The Morgan fingerprint density at radius 2 is 1.41 bits per heavy atom. The molecule has 1 atom stereocenters. The van der Waals surface area contributed by atoms with E-state index in [-0.39, 0.29) is 0 Å². The van der Waals surface area contributed by atoms with E-state index in [9.17, 15) is 0 Å². The van der Waals surface area contributed by atoms with Crippen LogP contribution in [0.15, 0.2) is 73.2 Å². The molecule has 3 aromatic rings. The zero-order valence-corrected chi connectivity index (χ0v) is 21.4. The van der Waals surface area contributed by atoms with Gasteiger partial charge in [0.05, 0.1) is 19.5 Å². The van der Waals surface area contributed by atoms with Crippen LogP contribution in [0.1, 0.15) is 71.7 Å². The van der Waals surface area contributed by atoms with Crippen molar-refractivity contribution in [3.8, 4) is 5.75 Å². The molecule has 176 valence electrons. The van der Waals surface area contributed by atoms with Crippen LogP contribution < -0.4 is 4.74 Å². The van der Waals surface area contributed by atoms with Crippen molar-refractivity contribution in [2.75, 3.05) is 14.2 Å². The Labute approximate surface area is 197 Å². The smallest absolute Gasteiger partial charge is 0.205 e. The molecule has 4 heteroatoms. The Morgan fingerprint density at radius 3 is 1.88 bits per heavy atom. The third-order valence-electron chi connectivity index (χ3n) is 4.16. The van der Waals surface area contributed by atoms with Crippen molar-refractivity contribution in [1.82, 2.24) is 9.55 Å². The van der Waals surface area contributed by atoms with E-state index in [2.05, 4.69) is 44.7 Å². The van der Waals surface area contributed by atoms with Gasteiger partial charge in [0.15, 0.2) is 0 Å². The van der Waals surface area contributed by atoms with E-state index in [1.165, 1.54) is 37.6 Å². The summed E-state index contributed by atoms with van der Waals surface area (Å²) < 4.78 is 7.23. The Kier molecular flexibility index (Phi) is 22.0. The minimum atomic E-state index is 0.498. The van der Waals surface area contributed by atoms with Crippen molar-refractivity contribution in [3.05, 3.63) is 95.9 Å². The Hall–Kier alpha value is -3.06. The van der Waals surface area contributed by atoms with Gasteiger partial charge < -0.3 is 14.1 Å². The molecule has 0 aliphatic carbocycles. The first-order chi connectivity index (χ1) is 15.8. The molecule has 0 saturated heterocycles. The first kappa shape index (κ1) is 31.1. The van der Waals surface area contributed by atoms with Gasteiger partial charge in [-0.3, -0.25) is 0 Å². The van der Waals surface area contributed by atoms with Crippen LogP contribution >= 0.6 is 0 Å². The molecule has 0 N–H and O–H groups in total. The molecule has 0 radical (unpaired) electrons. The monoisotopic (exact) mass is 437 g/mol. The van der Waals surface area contributed by atoms with Crippen LogP contribution in [0.4, 0.5) is 0 Å². The van der Waals surface area contributed by atoms with Crippen molar-refractivity contribution in [2.24, 2.45) is 0 Å². The molecule has 32 heavy (non-hydrogen) atoms. The van der Waals surface area contributed by atoms with Gasteiger partial charge in [0.1, 0.15) is 5.75 Å². The summed E-state index contributed by atoms with van der Waals surface area (Å²) in [6, 6.07) is 20.9. The van der Waals surface area contributed by atoms with Gasteiger partial charge in [-0.2, -0.15) is 0 Å². The van der Waals surface area contributed by atoms with Gasteiger partial charge in [0, 0.05) is 11.9 Å². The number of hydrogen-bond acceptors (Lipinski definition) is 2. The molecular formula is C28H43N3O. The second-order valence-corrected chi connectivity index (χ2v) is 5.85. The molecule has 4 rings (SSSR count). The van der Waals surface area contributed by atoms with E-state index >= 15 is 0 Å². The summed E-state index contributed by atoms with van der Waals surface area (Å²) in [7, 11) is 3.08. The van der Waals surface area contributed by atoms with E-state index in [1.54, 1.807) is 7.11 Å². The molecule has 2 aromatic carbocycles. The van der Waals surface area contributed by atoms with E-state index in [0.29, 0.717) is 6.04 Å². The fourth-order valence-corrected chi connectivity index (χ4v) is 2.98. The van der Waals surface area contributed by atoms with Crippen LogP contribution in [0.3, 0.4) is 0 Å². The predicted molar refractivity (Wildman–Crippen MR) is 139 cm³/mol. The fraction of sp³-hybridized carbons (Fsp3) is 0.429. The molecule has 0 amide bonds. The number of aryl methyl sites for hydroxylation is 1. The van der Waals surface area contributed by atoms with Gasteiger partial charge in [-0.15, -0.1) is 0 Å². The third-order valence-corrected chi connectivity index (χ3v) is 4.16. The highest BCUT2D eigenvalue weighted by atomic mass is 16.5. The number of benzene rings is 2. The number of nitrogens with zero attached hydrogens (tertiary/aromatic N) is 3. The molecule has 0 fully saturated rings. The van der Waals surface area contributed by atoms with Crippen LogP contribution in [0.5, 0.6) is 5.75 Å². The maximum Gasteiger partial charge on any atom is 0.205 e. The van der Waals surface area contributed by atoms with Crippen molar-refractivity contribution in [2.45, 2.75) is 66.8 Å². The maximum absolute atomic E-state index is 5.83. The number of rotatable bonds is 2. The van der Waals surface area contributed by atoms with E-state index in [1.807, 2.05) is 84.4 Å².